The van der Waals surface area contributed by atoms with Crippen LogP contribution in [0.5, 0.6) is 11.5 Å². The molecule has 0 saturated carbocycles. The molecule has 0 aromatic heterocycles. The Morgan fingerprint density at radius 1 is 0.829 bits per heavy atom. The van der Waals surface area contributed by atoms with E-state index in [0.29, 0.717) is 35.2 Å². The number of carbonyl (C=O) groups excluding carboxylic acids is 3. The molecule has 8 nitrogen and oxygen atoms in total. The predicted molar refractivity (Wildman–Crippen MR) is 134 cm³/mol. The van der Waals surface area contributed by atoms with E-state index in [-0.39, 0.29) is 18.9 Å². The van der Waals surface area contributed by atoms with Crippen LogP contribution in [0.1, 0.15) is 47.4 Å². The number of amides is 3. The summed E-state index contributed by atoms with van der Waals surface area (Å²) in [6, 6.07) is 18.0. The van der Waals surface area contributed by atoms with Crippen molar-refractivity contribution in [1.29, 1.82) is 0 Å². The number of carbonyl (C=O) groups is 3. The first-order valence-corrected chi connectivity index (χ1v) is 11.5. The third kappa shape index (κ3) is 7.46. The molecule has 0 saturated heterocycles. The second-order valence-electron chi connectivity index (χ2n) is 8.47. The SMILES string of the molecule is COc1cc(C(=O)NNC(=O)CCNC(=O)c2ccc3ccccc3c2)ccc1OCCC(C)C. The highest BCUT2D eigenvalue weighted by molar-refractivity contribution is 5.99. The van der Waals surface area contributed by atoms with E-state index in [0.717, 1.165) is 17.2 Å². The van der Waals surface area contributed by atoms with Gasteiger partial charge in [0.05, 0.1) is 13.7 Å². The Morgan fingerprint density at radius 3 is 2.29 bits per heavy atom. The standard InChI is InChI=1S/C27H31N3O5/c1-18(2)13-15-35-23-11-10-22(17-24(23)34-3)27(33)30-29-25(31)12-14-28-26(32)21-9-8-19-6-4-5-7-20(19)16-21/h4-11,16-18H,12-15H2,1-3H3,(H,28,32)(H,29,31)(H,30,33). The first-order valence-electron chi connectivity index (χ1n) is 11.5. The molecule has 0 aliphatic rings. The van der Waals surface area contributed by atoms with Crippen molar-refractivity contribution in [3.05, 3.63) is 71.8 Å². The van der Waals surface area contributed by atoms with Gasteiger partial charge >= 0.3 is 0 Å². The molecular weight excluding hydrogens is 446 g/mol. The highest BCUT2D eigenvalue weighted by Crippen LogP contribution is 2.28. The van der Waals surface area contributed by atoms with Crippen LogP contribution in [0.3, 0.4) is 0 Å². The number of ether oxygens (including phenoxy) is 2. The van der Waals surface area contributed by atoms with Crippen molar-refractivity contribution in [2.45, 2.75) is 26.7 Å². The molecule has 0 bridgehead atoms. The van der Waals surface area contributed by atoms with E-state index in [2.05, 4.69) is 30.0 Å². The molecule has 0 aliphatic heterocycles. The number of methoxy groups -OCH3 is 1. The minimum atomic E-state index is -0.495. The summed E-state index contributed by atoms with van der Waals surface area (Å²) in [5.41, 5.74) is 5.55. The van der Waals surface area contributed by atoms with Gasteiger partial charge in [-0.3, -0.25) is 25.2 Å². The Morgan fingerprint density at radius 2 is 1.54 bits per heavy atom. The van der Waals surface area contributed by atoms with Gasteiger partial charge in [-0.1, -0.05) is 44.2 Å². The largest absolute Gasteiger partial charge is 0.493 e. The number of nitrogens with one attached hydrogen (secondary N) is 3. The number of benzene rings is 3. The molecule has 35 heavy (non-hydrogen) atoms. The second kappa shape index (κ2) is 12.4. The van der Waals surface area contributed by atoms with Gasteiger partial charge in [0.2, 0.25) is 5.91 Å². The average molecular weight is 478 g/mol. The summed E-state index contributed by atoms with van der Waals surface area (Å²) >= 11 is 0. The maximum absolute atomic E-state index is 12.4. The second-order valence-corrected chi connectivity index (χ2v) is 8.47. The Bertz CT molecular complexity index is 1190. The summed E-state index contributed by atoms with van der Waals surface area (Å²) < 4.78 is 11.0. The first kappa shape index (κ1) is 25.6. The highest BCUT2D eigenvalue weighted by atomic mass is 16.5. The van der Waals surface area contributed by atoms with Crippen molar-refractivity contribution in [2.75, 3.05) is 20.3 Å². The Labute approximate surface area is 205 Å². The van der Waals surface area contributed by atoms with Crippen molar-refractivity contribution in [3.63, 3.8) is 0 Å². The van der Waals surface area contributed by atoms with Crippen LogP contribution in [-0.2, 0) is 4.79 Å². The Balaban J connectivity index is 1.44. The fourth-order valence-electron chi connectivity index (χ4n) is 3.32. The van der Waals surface area contributed by atoms with Gasteiger partial charge in [-0.05, 0) is 53.4 Å². The number of hydrogen-bond acceptors (Lipinski definition) is 5. The van der Waals surface area contributed by atoms with E-state index < -0.39 is 11.8 Å². The number of fused-ring (bicyclic) bond motifs is 1. The molecule has 8 heteroatoms. The van der Waals surface area contributed by atoms with Crippen LogP contribution in [-0.4, -0.2) is 38.0 Å². The smallest absolute Gasteiger partial charge is 0.269 e. The summed E-state index contributed by atoms with van der Waals surface area (Å²) in [4.78, 5) is 36.9. The molecule has 0 heterocycles. The molecule has 3 rings (SSSR count). The summed E-state index contributed by atoms with van der Waals surface area (Å²) in [5, 5.41) is 4.73. The molecule has 3 amide bonds. The molecular formula is C27H31N3O5. The molecule has 0 aliphatic carbocycles. The minimum absolute atomic E-state index is 0.00551. The van der Waals surface area contributed by atoms with Crippen molar-refractivity contribution < 1.29 is 23.9 Å². The fraction of sp³-hybridized carbons (Fsp3) is 0.296. The Hall–Kier alpha value is -4.07. The van der Waals surface area contributed by atoms with E-state index in [1.54, 1.807) is 30.3 Å². The maximum Gasteiger partial charge on any atom is 0.269 e. The molecule has 0 radical (unpaired) electrons. The van der Waals surface area contributed by atoms with E-state index in [4.69, 9.17) is 9.47 Å². The van der Waals surface area contributed by atoms with Crippen molar-refractivity contribution in [2.24, 2.45) is 5.92 Å². The molecule has 184 valence electrons. The third-order valence-electron chi connectivity index (χ3n) is 5.34. The van der Waals surface area contributed by atoms with Crippen molar-refractivity contribution in [3.8, 4) is 11.5 Å². The van der Waals surface area contributed by atoms with Crippen LogP contribution in [0.2, 0.25) is 0 Å². The van der Waals surface area contributed by atoms with Gasteiger partial charge in [0.1, 0.15) is 0 Å². The fourth-order valence-corrected chi connectivity index (χ4v) is 3.32. The summed E-state index contributed by atoms with van der Waals surface area (Å²) in [6.07, 6.45) is 0.908. The maximum atomic E-state index is 12.4. The van der Waals surface area contributed by atoms with E-state index in [9.17, 15) is 14.4 Å². The lowest BCUT2D eigenvalue weighted by molar-refractivity contribution is -0.121. The van der Waals surface area contributed by atoms with Gasteiger partial charge in [0, 0.05) is 24.1 Å². The van der Waals surface area contributed by atoms with Gasteiger partial charge < -0.3 is 14.8 Å². The van der Waals surface area contributed by atoms with Crippen LogP contribution in [0.15, 0.2) is 60.7 Å². The average Bonchev–Trinajstić information content (AvgIpc) is 2.86. The zero-order chi connectivity index (χ0) is 25.2. The lowest BCUT2D eigenvalue weighted by Gasteiger charge is -2.13. The van der Waals surface area contributed by atoms with Gasteiger partial charge in [0.15, 0.2) is 11.5 Å². The first-order chi connectivity index (χ1) is 16.9. The molecule has 0 spiro atoms. The zero-order valence-corrected chi connectivity index (χ0v) is 20.2. The molecule has 0 fully saturated rings. The Kier molecular flexibility index (Phi) is 9.06. The predicted octanol–water partition coefficient (Wildman–Crippen LogP) is 3.85. The summed E-state index contributed by atoms with van der Waals surface area (Å²) in [7, 11) is 1.50. The van der Waals surface area contributed by atoms with Crippen molar-refractivity contribution in [1.82, 2.24) is 16.2 Å². The molecule has 3 aromatic carbocycles. The van der Waals surface area contributed by atoms with Gasteiger partial charge in [-0.2, -0.15) is 0 Å². The number of hydrazine groups is 1. The highest BCUT2D eigenvalue weighted by Gasteiger charge is 2.13. The van der Waals surface area contributed by atoms with Crippen LogP contribution in [0, 0.1) is 5.92 Å². The topological polar surface area (TPSA) is 106 Å². The third-order valence-corrected chi connectivity index (χ3v) is 5.34. The number of rotatable bonds is 10. The molecule has 3 aromatic rings. The quantitative estimate of drug-likeness (QED) is 0.385. The van der Waals surface area contributed by atoms with E-state index >= 15 is 0 Å². The van der Waals surface area contributed by atoms with E-state index in [1.165, 1.54) is 7.11 Å². The molecule has 3 N–H and O–H groups in total. The van der Waals surface area contributed by atoms with Crippen LogP contribution < -0.4 is 25.6 Å². The lowest BCUT2D eigenvalue weighted by atomic mass is 10.1. The molecule has 0 unspecified atom stereocenters. The normalized spacial score (nSPS) is 10.6. The minimum Gasteiger partial charge on any atom is -0.493 e. The summed E-state index contributed by atoms with van der Waals surface area (Å²) in [5.74, 6) is 0.306. The van der Waals surface area contributed by atoms with Crippen LogP contribution in [0.4, 0.5) is 0 Å². The van der Waals surface area contributed by atoms with Crippen LogP contribution in [0.25, 0.3) is 10.8 Å². The monoisotopic (exact) mass is 477 g/mol. The van der Waals surface area contributed by atoms with Gasteiger partial charge in [-0.25, -0.2) is 0 Å². The van der Waals surface area contributed by atoms with Crippen molar-refractivity contribution >= 4 is 28.5 Å². The van der Waals surface area contributed by atoms with Gasteiger partial charge in [-0.15, -0.1) is 0 Å². The van der Waals surface area contributed by atoms with E-state index in [1.807, 2.05) is 30.3 Å². The lowest BCUT2D eigenvalue weighted by Crippen LogP contribution is -2.42. The summed E-state index contributed by atoms with van der Waals surface area (Å²) in [6.45, 7) is 4.90. The van der Waals surface area contributed by atoms with Crippen LogP contribution >= 0.6 is 0 Å². The zero-order valence-electron chi connectivity index (χ0n) is 20.2. The van der Waals surface area contributed by atoms with Gasteiger partial charge in [0.25, 0.3) is 11.8 Å². The number of hydrogen-bond donors (Lipinski definition) is 3. The molecule has 0 atom stereocenters.